The van der Waals surface area contributed by atoms with Crippen LogP contribution in [0.1, 0.15) is 18.6 Å². The number of sulfonamides is 1. The number of hydrogen-bond donors (Lipinski definition) is 1. The van der Waals surface area contributed by atoms with Gasteiger partial charge in [-0.2, -0.15) is 4.31 Å². The molecule has 3 rings (SSSR count). The third-order valence-corrected chi connectivity index (χ3v) is 5.97. The number of ether oxygens (including phenoxy) is 1. The number of nitrogens with one attached hydrogen (secondary N) is 1. The van der Waals surface area contributed by atoms with Crippen LogP contribution in [0.4, 0.5) is 5.82 Å². The number of aryl methyl sites for hydroxylation is 1. The molecule has 1 aliphatic rings. The molecule has 2 heterocycles. The van der Waals surface area contributed by atoms with Crippen molar-refractivity contribution in [2.24, 2.45) is 0 Å². The van der Waals surface area contributed by atoms with E-state index in [2.05, 4.69) is 10.5 Å². The summed E-state index contributed by atoms with van der Waals surface area (Å²) in [5.41, 5.74) is 0. The van der Waals surface area contributed by atoms with Gasteiger partial charge in [-0.1, -0.05) is 5.16 Å². The number of nitrogens with zero attached hydrogens (tertiary/aromatic N) is 2. The molecular formula is C16H19N3O5S. The molecule has 0 unspecified atom stereocenters. The number of carbonyl (C=O) groups is 1. The number of methoxy groups -OCH3 is 1. The molecule has 1 N–H and O–H groups in total. The predicted octanol–water partition coefficient (Wildman–Crippen LogP) is 1.78. The molecule has 25 heavy (non-hydrogen) atoms. The van der Waals surface area contributed by atoms with Crippen molar-refractivity contribution in [1.82, 2.24) is 9.46 Å². The van der Waals surface area contributed by atoms with Crippen molar-refractivity contribution in [1.29, 1.82) is 0 Å². The van der Waals surface area contributed by atoms with Crippen molar-refractivity contribution < 1.29 is 22.5 Å². The van der Waals surface area contributed by atoms with Gasteiger partial charge in [-0.25, -0.2) is 8.42 Å². The Morgan fingerprint density at radius 3 is 2.68 bits per heavy atom. The van der Waals surface area contributed by atoms with Gasteiger partial charge in [0, 0.05) is 12.6 Å². The van der Waals surface area contributed by atoms with Gasteiger partial charge in [0.05, 0.1) is 12.0 Å². The molecule has 9 heteroatoms. The number of anilines is 1. The second-order valence-electron chi connectivity index (χ2n) is 5.76. The summed E-state index contributed by atoms with van der Waals surface area (Å²) < 4.78 is 36.9. The molecule has 134 valence electrons. The fourth-order valence-electron chi connectivity index (χ4n) is 2.81. The standard InChI is InChI=1S/C16H19N3O5S/c1-11-10-15(18-24-11)17-16(20)14-4-3-9-19(14)25(21,22)13-7-5-12(23-2)6-8-13/h5-8,10,14H,3-4,9H2,1-2H3,(H,17,18,20)/t14-/m0/s1. The van der Waals surface area contributed by atoms with E-state index in [4.69, 9.17) is 9.26 Å². The molecule has 1 atom stereocenters. The lowest BCUT2D eigenvalue weighted by Gasteiger charge is -2.23. The van der Waals surface area contributed by atoms with Crippen LogP contribution < -0.4 is 10.1 Å². The van der Waals surface area contributed by atoms with Crippen molar-refractivity contribution in [3.8, 4) is 5.75 Å². The quantitative estimate of drug-likeness (QED) is 0.867. The summed E-state index contributed by atoms with van der Waals surface area (Å²) in [6, 6.07) is 6.91. The SMILES string of the molecule is COc1ccc(S(=O)(=O)N2CCC[C@H]2C(=O)Nc2cc(C)on2)cc1. The van der Waals surface area contributed by atoms with Gasteiger partial charge in [-0.3, -0.25) is 4.79 Å². The number of hydrogen-bond acceptors (Lipinski definition) is 6. The van der Waals surface area contributed by atoms with Gasteiger partial charge in [0.15, 0.2) is 5.82 Å². The van der Waals surface area contributed by atoms with Crippen LogP contribution in [0.2, 0.25) is 0 Å². The Kier molecular flexibility index (Phi) is 4.78. The highest BCUT2D eigenvalue weighted by atomic mass is 32.2. The first-order valence-electron chi connectivity index (χ1n) is 7.82. The summed E-state index contributed by atoms with van der Waals surface area (Å²) in [7, 11) is -2.26. The molecular weight excluding hydrogens is 346 g/mol. The normalized spacial score (nSPS) is 18.2. The first-order valence-corrected chi connectivity index (χ1v) is 9.26. The van der Waals surface area contributed by atoms with Crippen LogP contribution in [-0.2, 0) is 14.8 Å². The van der Waals surface area contributed by atoms with E-state index in [0.29, 0.717) is 30.9 Å². The van der Waals surface area contributed by atoms with Crippen LogP contribution in [0.15, 0.2) is 39.8 Å². The van der Waals surface area contributed by atoms with Gasteiger partial charge >= 0.3 is 0 Å². The van der Waals surface area contributed by atoms with Crippen LogP contribution in [0.5, 0.6) is 5.75 Å². The van der Waals surface area contributed by atoms with Gasteiger partial charge in [0.2, 0.25) is 15.9 Å². The van der Waals surface area contributed by atoms with E-state index in [1.807, 2.05) is 0 Å². The number of rotatable bonds is 5. The number of aromatic nitrogens is 1. The molecule has 1 aliphatic heterocycles. The molecule has 1 fully saturated rings. The maximum Gasteiger partial charge on any atom is 0.244 e. The minimum Gasteiger partial charge on any atom is -0.497 e. The summed E-state index contributed by atoms with van der Waals surface area (Å²) in [5.74, 6) is 0.986. The Hall–Kier alpha value is -2.39. The zero-order valence-electron chi connectivity index (χ0n) is 13.9. The summed E-state index contributed by atoms with van der Waals surface area (Å²) in [5, 5.41) is 6.31. The maximum absolute atomic E-state index is 12.9. The van der Waals surface area contributed by atoms with E-state index >= 15 is 0 Å². The molecule has 2 aromatic rings. The van der Waals surface area contributed by atoms with Crippen molar-refractivity contribution in [2.45, 2.75) is 30.7 Å². The third-order valence-electron chi connectivity index (χ3n) is 4.05. The number of amides is 1. The monoisotopic (exact) mass is 365 g/mol. The lowest BCUT2D eigenvalue weighted by molar-refractivity contribution is -0.119. The Morgan fingerprint density at radius 1 is 1.36 bits per heavy atom. The van der Waals surface area contributed by atoms with Crippen LogP contribution in [0.25, 0.3) is 0 Å². The lowest BCUT2D eigenvalue weighted by Crippen LogP contribution is -2.43. The molecule has 1 amide bonds. The Labute approximate surface area is 145 Å². The highest BCUT2D eigenvalue weighted by Crippen LogP contribution is 2.28. The predicted molar refractivity (Wildman–Crippen MR) is 89.8 cm³/mol. The molecule has 1 saturated heterocycles. The average molecular weight is 365 g/mol. The van der Waals surface area contributed by atoms with E-state index in [1.165, 1.54) is 23.5 Å². The van der Waals surface area contributed by atoms with E-state index in [0.717, 1.165) is 0 Å². The second-order valence-corrected chi connectivity index (χ2v) is 7.65. The van der Waals surface area contributed by atoms with Gasteiger partial charge in [0.1, 0.15) is 17.6 Å². The van der Waals surface area contributed by atoms with Crippen LogP contribution >= 0.6 is 0 Å². The molecule has 0 spiro atoms. The number of benzene rings is 1. The van der Waals surface area contributed by atoms with Crippen molar-refractivity contribution in [3.05, 3.63) is 36.1 Å². The lowest BCUT2D eigenvalue weighted by atomic mass is 10.2. The van der Waals surface area contributed by atoms with E-state index in [9.17, 15) is 13.2 Å². The fraction of sp³-hybridized carbons (Fsp3) is 0.375. The second kappa shape index (κ2) is 6.85. The van der Waals surface area contributed by atoms with Crippen molar-refractivity contribution in [2.75, 3.05) is 19.0 Å². The topological polar surface area (TPSA) is 102 Å². The molecule has 0 aliphatic carbocycles. The zero-order chi connectivity index (χ0) is 18.0. The van der Waals surface area contributed by atoms with Gasteiger partial charge in [-0.15, -0.1) is 0 Å². The molecule has 0 saturated carbocycles. The smallest absolute Gasteiger partial charge is 0.244 e. The molecule has 1 aromatic heterocycles. The first-order chi connectivity index (χ1) is 11.9. The Bertz CT molecular complexity index is 860. The van der Waals surface area contributed by atoms with Crippen LogP contribution in [-0.4, -0.2) is 43.5 Å². The zero-order valence-corrected chi connectivity index (χ0v) is 14.7. The van der Waals surface area contributed by atoms with E-state index in [-0.39, 0.29) is 10.7 Å². The van der Waals surface area contributed by atoms with Crippen LogP contribution in [0.3, 0.4) is 0 Å². The van der Waals surface area contributed by atoms with Crippen molar-refractivity contribution in [3.63, 3.8) is 0 Å². The summed E-state index contributed by atoms with van der Waals surface area (Å²) in [6.45, 7) is 2.00. The third kappa shape index (κ3) is 3.52. The molecule has 0 bridgehead atoms. The highest BCUT2D eigenvalue weighted by Gasteiger charge is 2.39. The maximum atomic E-state index is 12.9. The molecule has 0 radical (unpaired) electrons. The van der Waals surface area contributed by atoms with Gasteiger partial charge in [-0.05, 0) is 44.0 Å². The fourth-order valence-corrected chi connectivity index (χ4v) is 4.46. The van der Waals surface area contributed by atoms with Gasteiger partial charge in [0.25, 0.3) is 0 Å². The first kappa shape index (κ1) is 17.4. The van der Waals surface area contributed by atoms with Crippen molar-refractivity contribution >= 4 is 21.7 Å². The number of carbonyl (C=O) groups excluding carboxylic acids is 1. The van der Waals surface area contributed by atoms with E-state index in [1.54, 1.807) is 25.1 Å². The van der Waals surface area contributed by atoms with Crippen LogP contribution in [0, 0.1) is 6.92 Å². The Morgan fingerprint density at radius 2 is 2.08 bits per heavy atom. The average Bonchev–Trinajstić information content (AvgIpc) is 3.24. The highest BCUT2D eigenvalue weighted by molar-refractivity contribution is 7.89. The minimum atomic E-state index is -3.77. The summed E-state index contributed by atoms with van der Waals surface area (Å²) >= 11 is 0. The summed E-state index contributed by atoms with van der Waals surface area (Å²) in [4.78, 5) is 12.6. The molecule has 1 aromatic carbocycles. The van der Waals surface area contributed by atoms with E-state index < -0.39 is 22.0 Å². The largest absolute Gasteiger partial charge is 0.497 e. The minimum absolute atomic E-state index is 0.130. The van der Waals surface area contributed by atoms with Gasteiger partial charge < -0.3 is 14.6 Å². The summed E-state index contributed by atoms with van der Waals surface area (Å²) in [6.07, 6.45) is 1.07. The molecule has 8 nitrogen and oxygen atoms in total. The Balaban J connectivity index is 1.80.